The molecule has 0 amide bonds. The summed E-state index contributed by atoms with van der Waals surface area (Å²) in [6, 6.07) is 0. The molecule has 0 atom stereocenters. The number of nitrogens with zero attached hydrogens (tertiary/aromatic N) is 2. The number of rotatable bonds is 0. The molecule has 0 bridgehead atoms. The summed E-state index contributed by atoms with van der Waals surface area (Å²) in [4.78, 5) is 4.52. The third-order valence-corrected chi connectivity index (χ3v) is 2.25. The van der Waals surface area contributed by atoms with Gasteiger partial charge in [-0.25, -0.2) is 10.4 Å². The Bertz CT molecular complexity index is 347. The Kier molecular flexibility index (Phi) is 1.07. The van der Waals surface area contributed by atoms with Crippen molar-refractivity contribution in [2.45, 2.75) is 6.42 Å². The summed E-state index contributed by atoms with van der Waals surface area (Å²) >= 11 is 0. The number of hydrogen-bond acceptors (Lipinski definition) is 3. The van der Waals surface area contributed by atoms with E-state index in [0.717, 1.165) is 18.8 Å². The fraction of sp³-hybridized carbons (Fsp3) is 0.222. The number of fused-ring (bicyclic) bond motifs is 2. The van der Waals surface area contributed by atoms with Crippen molar-refractivity contribution in [3.63, 3.8) is 0 Å². The topological polar surface area (TPSA) is 27.6 Å². The van der Waals surface area contributed by atoms with Crippen LogP contribution in [0.15, 0.2) is 40.8 Å². The van der Waals surface area contributed by atoms with Gasteiger partial charge < -0.3 is 0 Å². The van der Waals surface area contributed by atoms with Crippen molar-refractivity contribution < 1.29 is 0 Å². The molecule has 0 aromatic carbocycles. The van der Waals surface area contributed by atoms with Gasteiger partial charge in [-0.05, 0) is 6.08 Å². The fourth-order valence-electron chi connectivity index (χ4n) is 1.64. The second-order valence-electron chi connectivity index (χ2n) is 3.04. The van der Waals surface area contributed by atoms with Crippen molar-refractivity contribution >= 4 is 5.71 Å². The second kappa shape index (κ2) is 2.08. The van der Waals surface area contributed by atoms with Crippen molar-refractivity contribution in [1.29, 1.82) is 0 Å². The third-order valence-electron chi connectivity index (χ3n) is 2.25. The van der Waals surface area contributed by atoms with Gasteiger partial charge in [-0.3, -0.25) is 5.01 Å². The van der Waals surface area contributed by atoms with E-state index in [1.165, 1.54) is 11.3 Å². The van der Waals surface area contributed by atoms with Crippen molar-refractivity contribution in [2.75, 3.05) is 6.54 Å². The Morgan fingerprint density at radius 1 is 1.50 bits per heavy atom. The molecule has 3 nitrogen and oxygen atoms in total. The number of nitrogens with one attached hydrogen (secondary N) is 1. The predicted molar refractivity (Wildman–Crippen MR) is 47.2 cm³/mol. The molecule has 1 aliphatic carbocycles. The smallest absolute Gasteiger partial charge is 0.144 e. The minimum Gasteiger partial charge on any atom is -0.266 e. The van der Waals surface area contributed by atoms with Gasteiger partial charge in [-0.2, -0.15) is 0 Å². The van der Waals surface area contributed by atoms with Crippen LogP contribution in [0.3, 0.4) is 0 Å². The lowest BCUT2D eigenvalue weighted by atomic mass is 10.2. The van der Waals surface area contributed by atoms with Gasteiger partial charge in [0.1, 0.15) is 5.82 Å². The van der Waals surface area contributed by atoms with E-state index in [9.17, 15) is 0 Å². The molecule has 0 aromatic heterocycles. The Balaban J connectivity index is 2.09. The molecule has 0 spiro atoms. The number of aliphatic imine (C=N–C) groups is 1. The highest BCUT2D eigenvalue weighted by molar-refractivity contribution is 6.07. The monoisotopic (exact) mass is 159 g/mol. The lowest BCUT2D eigenvalue weighted by Crippen LogP contribution is -2.29. The van der Waals surface area contributed by atoms with Crippen LogP contribution in [0.5, 0.6) is 0 Å². The summed E-state index contributed by atoms with van der Waals surface area (Å²) in [5.41, 5.74) is 5.63. The lowest BCUT2D eigenvalue weighted by Gasteiger charge is -2.20. The molecule has 2 aliphatic heterocycles. The van der Waals surface area contributed by atoms with Crippen LogP contribution in [-0.4, -0.2) is 17.3 Å². The summed E-state index contributed by atoms with van der Waals surface area (Å²) < 4.78 is 0. The standard InChI is InChI=1S/C9H9N3/c1-2-7-6-12-9(4-5-10-12)11-8(7)3-1/h1-2,4,6,10H,3,5H2. The van der Waals surface area contributed by atoms with Gasteiger partial charge >= 0.3 is 0 Å². The minimum atomic E-state index is 0.888. The van der Waals surface area contributed by atoms with E-state index < -0.39 is 0 Å². The molecule has 0 unspecified atom stereocenters. The first-order valence-electron chi connectivity index (χ1n) is 4.13. The van der Waals surface area contributed by atoms with Crippen molar-refractivity contribution in [2.24, 2.45) is 4.99 Å². The lowest BCUT2D eigenvalue weighted by molar-refractivity contribution is 0.381. The Morgan fingerprint density at radius 2 is 2.50 bits per heavy atom. The maximum atomic E-state index is 4.52. The molecule has 3 rings (SSSR count). The molecule has 3 heteroatoms. The van der Waals surface area contributed by atoms with Gasteiger partial charge in [-0.15, -0.1) is 0 Å². The summed E-state index contributed by atoms with van der Waals surface area (Å²) in [7, 11) is 0. The van der Waals surface area contributed by atoms with E-state index in [-0.39, 0.29) is 0 Å². The van der Waals surface area contributed by atoms with Crippen LogP contribution in [0.2, 0.25) is 0 Å². The van der Waals surface area contributed by atoms with Gasteiger partial charge in [0.2, 0.25) is 0 Å². The first-order valence-corrected chi connectivity index (χ1v) is 4.13. The van der Waals surface area contributed by atoms with Crippen LogP contribution in [0.4, 0.5) is 0 Å². The highest BCUT2D eigenvalue weighted by atomic mass is 15.5. The summed E-state index contributed by atoms with van der Waals surface area (Å²) in [5.74, 6) is 1.04. The van der Waals surface area contributed by atoms with E-state index in [0.29, 0.717) is 0 Å². The van der Waals surface area contributed by atoms with Crippen LogP contribution >= 0.6 is 0 Å². The number of allylic oxidation sites excluding steroid dienone is 3. The van der Waals surface area contributed by atoms with Crippen molar-refractivity contribution in [3.05, 3.63) is 35.8 Å². The summed E-state index contributed by atoms with van der Waals surface area (Å²) in [5, 5.41) is 1.98. The van der Waals surface area contributed by atoms with E-state index in [1.54, 1.807) is 0 Å². The molecule has 0 saturated carbocycles. The summed E-state index contributed by atoms with van der Waals surface area (Å²) in [6.45, 7) is 0.888. The average Bonchev–Trinajstić information content (AvgIpc) is 2.64. The van der Waals surface area contributed by atoms with Gasteiger partial charge in [0, 0.05) is 24.7 Å². The SMILES string of the molecule is C1=CC2=CN3NCC=C3N=C2C1. The molecule has 0 fully saturated rings. The number of hydrazine groups is 1. The molecule has 1 N–H and O–H groups in total. The maximum absolute atomic E-state index is 4.52. The zero-order valence-electron chi connectivity index (χ0n) is 6.62. The molecule has 60 valence electrons. The van der Waals surface area contributed by atoms with Crippen LogP contribution in [0, 0.1) is 0 Å². The molecular weight excluding hydrogens is 150 g/mol. The Hall–Kier alpha value is -1.35. The first kappa shape index (κ1) is 6.20. The van der Waals surface area contributed by atoms with E-state index in [4.69, 9.17) is 0 Å². The highest BCUT2D eigenvalue weighted by Crippen LogP contribution is 2.24. The zero-order valence-corrected chi connectivity index (χ0v) is 6.62. The molecule has 12 heavy (non-hydrogen) atoms. The van der Waals surface area contributed by atoms with Crippen LogP contribution in [-0.2, 0) is 0 Å². The summed E-state index contributed by atoms with van der Waals surface area (Å²) in [6.07, 6.45) is 9.45. The van der Waals surface area contributed by atoms with E-state index in [2.05, 4.69) is 34.8 Å². The van der Waals surface area contributed by atoms with Crippen molar-refractivity contribution in [1.82, 2.24) is 10.4 Å². The van der Waals surface area contributed by atoms with Crippen LogP contribution in [0.25, 0.3) is 0 Å². The van der Waals surface area contributed by atoms with Crippen molar-refractivity contribution in [3.8, 4) is 0 Å². The van der Waals surface area contributed by atoms with Gasteiger partial charge in [0.25, 0.3) is 0 Å². The molecular formula is C9H9N3. The molecule has 2 heterocycles. The zero-order chi connectivity index (χ0) is 7.97. The normalized spacial score (nSPS) is 24.7. The largest absolute Gasteiger partial charge is 0.266 e. The average molecular weight is 159 g/mol. The van der Waals surface area contributed by atoms with Crippen LogP contribution in [0.1, 0.15) is 6.42 Å². The Labute approximate surface area is 70.7 Å². The predicted octanol–water partition coefficient (Wildman–Crippen LogP) is 0.946. The quantitative estimate of drug-likeness (QED) is 0.569. The molecule has 0 saturated heterocycles. The maximum Gasteiger partial charge on any atom is 0.144 e. The van der Waals surface area contributed by atoms with Gasteiger partial charge in [0.15, 0.2) is 0 Å². The molecule has 0 aromatic rings. The molecule has 3 aliphatic rings. The minimum absolute atomic E-state index is 0.888. The fourth-order valence-corrected chi connectivity index (χ4v) is 1.64. The second-order valence-corrected chi connectivity index (χ2v) is 3.04. The van der Waals surface area contributed by atoms with E-state index >= 15 is 0 Å². The Morgan fingerprint density at radius 3 is 3.50 bits per heavy atom. The number of hydrogen-bond donors (Lipinski definition) is 1. The van der Waals surface area contributed by atoms with Gasteiger partial charge in [0.05, 0.1) is 5.71 Å². The van der Waals surface area contributed by atoms with Gasteiger partial charge in [-0.1, -0.05) is 12.2 Å². The third kappa shape index (κ3) is 0.713. The first-order chi connectivity index (χ1) is 5.93. The van der Waals surface area contributed by atoms with Crippen LogP contribution < -0.4 is 5.43 Å². The highest BCUT2D eigenvalue weighted by Gasteiger charge is 2.21. The van der Waals surface area contributed by atoms with E-state index in [1.807, 2.05) is 5.01 Å². The molecule has 0 radical (unpaired) electrons.